The first-order chi connectivity index (χ1) is 13.7. The first-order valence-corrected chi connectivity index (χ1v) is 12.4. The van der Waals surface area contributed by atoms with Crippen LogP contribution in [-0.4, -0.2) is 82.3 Å². The van der Waals surface area contributed by atoms with E-state index in [-0.39, 0.29) is 24.0 Å². The number of aryl methyl sites for hydroxylation is 1. The number of hydrogen-bond donors (Lipinski definition) is 2. The van der Waals surface area contributed by atoms with Gasteiger partial charge in [0.25, 0.3) is 0 Å². The molecule has 1 aromatic rings. The second kappa shape index (κ2) is 12.8. The monoisotopic (exact) mass is 551 g/mol. The van der Waals surface area contributed by atoms with Crippen LogP contribution < -0.4 is 10.6 Å². The number of benzene rings is 1. The molecule has 0 bridgehead atoms. The molecule has 1 unspecified atom stereocenters. The number of nitrogens with zero attached hydrogens (tertiary/aromatic N) is 3. The zero-order valence-corrected chi connectivity index (χ0v) is 22.1. The van der Waals surface area contributed by atoms with Gasteiger partial charge in [0, 0.05) is 51.6 Å². The first-order valence-electron chi connectivity index (χ1n) is 10.5. The number of hydrogen-bond acceptors (Lipinski definition) is 5. The highest BCUT2D eigenvalue weighted by molar-refractivity contribution is 14.0. The minimum Gasteiger partial charge on any atom is -0.357 e. The maximum Gasteiger partial charge on any atom is 0.191 e. The fraction of sp³-hybridized carbons (Fsp3) is 0.667. The van der Waals surface area contributed by atoms with Crippen LogP contribution in [0.5, 0.6) is 0 Å². The molecule has 7 nitrogen and oxygen atoms in total. The van der Waals surface area contributed by atoms with E-state index in [1.165, 1.54) is 6.26 Å². The number of piperazine rings is 1. The molecule has 0 radical (unpaired) electrons. The molecule has 172 valence electrons. The smallest absolute Gasteiger partial charge is 0.191 e. The SMILES string of the molecule is CCNC(=NCc1ccc(S(C)(=O)=O)c(C)c1)NCC(C)N1CCN(CC)CC1.I. The van der Waals surface area contributed by atoms with Gasteiger partial charge < -0.3 is 15.5 Å². The molecule has 9 heteroatoms. The number of rotatable bonds is 8. The molecule has 2 N–H and O–H groups in total. The Morgan fingerprint density at radius 1 is 1.17 bits per heavy atom. The summed E-state index contributed by atoms with van der Waals surface area (Å²) in [5.74, 6) is 0.788. The third kappa shape index (κ3) is 8.32. The summed E-state index contributed by atoms with van der Waals surface area (Å²) in [7, 11) is -3.19. The maximum absolute atomic E-state index is 11.8. The van der Waals surface area contributed by atoms with Gasteiger partial charge in [-0.2, -0.15) is 0 Å². The van der Waals surface area contributed by atoms with Gasteiger partial charge in [0.05, 0.1) is 11.4 Å². The third-order valence-corrected chi connectivity index (χ3v) is 6.70. The Balaban J connectivity index is 0.00000450. The predicted molar refractivity (Wildman–Crippen MR) is 136 cm³/mol. The molecule has 1 aliphatic rings. The predicted octanol–water partition coefficient (Wildman–Crippen LogP) is 2.10. The molecule has 1 heterocycles. The Morgan fingerprint density at radius 2 is 1.83 bits per heavy atom. The summed E-state index contributed by atoms with van der Waals surface area (Å²) in [6.45, 7) is 16.1. The second-order valence-corrected chi connectivity index (χ2v) is 9.75. The van der Waals surface area contributed by atoms with Gasteiger partial charge >= 0.3 is 0 Å². The lowest BCUT2D eigenvalue weighted by molar-refractivity contribution is 0.107. The van der Waals surface area contributed by atoms with E-state index in [0.717, 1.165) is 62.9 Å². The summed E-state index contributed by atoms with van der Waals surface area (Å²) in [4.78, 5) is 10.1. The van der Waals surface area contributed by atoms with Crippen molar-refractivity contribution in [3.05, 3.63) is 29.3 Å². The van der Waals surface area contributed by atoms with Gasteiger partial charge in [0.1, 0.15) is 0 Å². The third-order valence-electron chi connectivity index (χ3n) is 5.45. The van der Waals surface area contributed by atoms with Gasteiger partial charge in [-0.05, 0) is 44.5 Å². The minimum absolute atomic E-state index is 0. The largest absolute Gasteiger partial charge is 0.357 e. The summed E-state index contributed by atoms with van der Waals surface area (Å²) in [5.41, 5.74) is 1.76. The normalized spacial score (nSPS) is 17.3. The van der Waals surface area contributed by atoms with Gasteiger partial charge in [-0.3, -0.25) is 4.90 Å². The average Bonchev–Trinajstić information content (AvgIpc) is 2.69. The van der Waals surface area contributed by atoms with E-state index < -0.39 is 9.84 Å². The van der Waals surface area contributed by atoms with Crippen LogP contribution in [0.2, 0.25) is 0 Å². The summed E-state index contributed by atoms with van der Waals surface area (Å²) in [5, 5.41) is 6.75. The standard InChI is InChI=1S/C21H37N5O2S.HI/c1-6-22-21(23-15-18(4)26-12-10-25(7-2)11-13-26)24-16-19-8-9-20(17(3)14-19)29(5,27)28;/h8-9,14,18H,6-7,10-13,15-16H2,1-5H3,(H2,22,23,24);1H. The summed E-state index contributed by atoms with van der Waals surface area (Å²) >= 11 is 0. The topological polar surface area (TPSA) is 77.0 Å². The summed E-state index contributed by atoms with van der Waals surface area (Å²) in [6, 6.07) is 5.86. The highest BCUT2D eigenvalue weighted by atomic mass is 127. The average molecular weight is 552 g/mol. The molecule has 1 atom stereocenters. The van der Waals surface area contributed by atoms with Gasteiger partial charge in [0.15, 0.2) is 15.8 Å². The number of sulfone groups is 1. The van der Waals surface area contributed by atoms with E-state index in [1.54, 1.807) is 6.07 Å². The Morgan fingerprint density at radius 3 is 2.37 bits per heavy atom. The number of aliphatic imine (C=N–C) groups is 1. The highest BCUT2D eigenvalue weighted by Gasteiger charge is 2.20. The van der Waals surface area contributed by atoms with Crippen LogP contribution in [0.3, 0.4) is 0 Å². The van der Waals surface area contributed by atoms with Crippen molar-refractivity contribution in [3.63, 3.8) is 0 Å². The van der Waals surface area contributed by atoms with Crippen molar-refractivity contribution >= 4 is 39.8 Å². The lowest BCUT2D eigenvalue weighted by atomic mass is 10.1. The molecular weight excluding hydrogens is 513 g/mol. The molecule has 1 saturated heterocycles. The molecular formula is C21H38IN5O2S. The Kier molecular flexibility index (Phi) is 11.6. The lowest BCUT2D eigenvalue weighted by Gasteiger charge is -2.37. The molecule has 1 aliphatic heterocycles. The van der Waals surface area contributed by atoms with Crippen molar-refractivity contribution in [2.24, 2.45) is 4.99 Å². The first kappa shape index (κ1) is 27.1. The van der Waals surface area contributed by atoms with Crippen LogP contribution >= 0.6 is 24.0 Å². The van der Waals surface area contributed by atoms with Crippen molar-refractivity contribution in [1.82, 2.24) is 20.4 Å². The molecule has 1 fully saturated rings. The van der Waals surface area contributed by atoms with E-state index >= 15 is 0 Å². The van der Waals surface area contributed by atoms with Gasteiger partial charge in [-0.25, -0.2) is 13.4 Å². The number of guanidine groups is 1. The minimum atomic E-state index is -3.19. The van der Waals surface area contributed by atoms with Crippen LogP contribution in [0.25, 0.3) is 0 Å². The fourth-order valence-electron chi connectivity index (χ4n) is 3.63. The van der Waals surface area contributed by atoms with Crippen molar-refractivity contribution in [2.45, 2.75) is 45.2 Å². The van der Waals surface area contributed by atoms with Crippen LogP contribution in [0.4, 0.5) is 0 Å². The molecule has 0 aromatic heterocycles. The Hall–Kier alpha value is -0.910. The van der Waals surface area contributed by atoms with Crippen molar-refractivity contribution < 1.29 is 8.42 Å². The van der Waals surface area contributed by atoms with Crippen LogP contribution in [-0.2, 0) is 16.4 Å². The van der Waals surface area contributed by atoms with Crippen LogP contribution in [0.1, 0.15) is 31.9 Å². The zero-order chi connectivity index (χ0) is 21.4. The van der Waals surface area contributed by atoms with Gasteiger partial charge in [0.2, 0.25) is 0 Å². The van der Waals surface area contributed by atoms with E-state index in [4.69, 9.17) is 0 Å². The van der Waals surface area contributed by atoms with E-state index in [1.807, 2.05) is 19.1 Å². The zero-order valence-electron chi connectivity index (χ0n) is 18.9. The summed E-state index contributed by atoms with van der Waals surface area (Å²) < 4.78 is 23.6. The molecule has 0 aliphatic carbocycles. The Labute approximate surface area is 199 Å². The van der Waals surface area contributed by atoms with E-state index in [9.17, 15) is 8.42 Å². The maximum atomic E-state index is 11.8. The van der Waals surface area contributed by atoms with E-state index in [2.05, 4.69) is 46.2 Å². The molecule has 1 aromatic carbocycles. The second-order valence-electron chi connectivity index (χ2n) is 7.77. The molecule has 0 amide bonds. The van der Waals surface area contributed by atoms with Crippen LogP contribution in [0.15, 0.2) is 28.1 Å². The number of halogens is 1. The highest BCUT2D eigenvalue weighted by Crippen LogP contribution is 2.17. The van der Waals surface area contributed by atoms with Gasteiger partial charge in [-0.1, -0.05) is 19.1 Å². The van der Waals surface area contributed by atoms with Crippen molar-refractivity contribution in [3.8, 4) is 0 Å². The van der Waals surface area contributed by atoms with Crippen molar-refractivity contribution in [2.75, 3.05) is 52.1 Å². The quantitative estimate of drug-likeness (QED) is 0.293. The number of nitrogens with one attached hydrogen (secondary N) is 2. The number of likely N-dealkylation sites (N-methyl/N-ethyl adjacent to an activating group) is 1. The van der Waals surface area contributed by atoms with Crippen molar-refractivity contribution in [1.29, 1.82) is 0 Å². The summed E-state index contributed by atoms with van der Waals surface area (Å²) in [6.07, 6.45) is 1.24. The van der Waals surface area contributed by atoms with Crippen LogP contribution in [0, 0.1) is 6.92 Å². The lowest BCUT2D eigenvalue weighted by Crippen LogP contribution is -2.53. The fourth-order valence-corrected chi connectivity index (χ4v) is 4.59. The molecule has 0 saturated carbocycles. The van der Waals surface area contributed by atoms with Gasteiger partial charge in [-0.15, -0.1) is 24.0 Å². The molecule has 0 spiro atoms. The Bertz CT molecular complexity index is 793. The molecule has 30 heavy (non-hydrogen) atoms. The molecule has 2 rings (SSSR count). The van der Waals surface area contributed by atoms with E-state index in [0.29, 0.717) is 17.5 Å².